The zero-order valence-corrected chi connectivity index (χ0v) is 28.0. The number of rotatable bonds is 21. The van der Waals surface area contributed by atoms with Crippen molar-refractivity contribution >= 4 is 0 Å². The minimum atomic E-state index is -0.830. The van der Waals surface area contributed by atoms with Crippen LogP contribution in [0.3, 0.4) is 0 Å². The van der Waals surface area contributed by atoms with Crippen LogP contribution in [0.2, 0.25) is 0 Å². The van der Waals surface area contributed by atoms with Crippen LogP contribution in [0.15, 0.2) is 0 Å². The van der Waals surface area contributed by atoms with Gasteiger partial charge in [-0.05, 0) is 93.8 Å². The second-order valence-electron chi connectivity index (χ2n) is 14.3. The fourth-order valence-electron chi connectivity index (χ4n) is 7.34. The Bertz CT molecular complexity index is 656. The summed E-state index contributed by atoms with van der Waals surface area (Å²) in [5, 5.41) is 7.27. The lowest BCUT2D eigenvalue weighted by Crippen LogP contribution is -2.47. The first-order chi connectivity index (χ1) is 19.0. The molecule has 6 atom stereocenters. The van der Waals surface area contributed by atoms with E-state index in [1.165, 1.54) is 44.9 Å². The summed E-state index contributed by atoms with van der Waals surface area (Å²) in [4.78, 5) is 0. The molecule has 0 saturated heterocycles. The number of nitrogens with one attached hydrogen (secondary N) is 2. The minimum absolute atomic E-state index is 0.0163. The van der Waals surface area contributed by atoms with Gasteiger partial charge in [-0.15, -0.1) is 6.42 Å². The van der Waals surface area contributed by atoms with E-state index in [4.69, 9.17) is 12.2 Å². The van der Waals surface area contributed by atoms with Gasteiger partial charge in [0.05, 0.1) is 12.2 Å². The first kappa shape index (κ1) is 37.4. The summed E-state index contributed by atoms with van der Waals surface area (Å²) in [6, 6.07) is 0.291. The van der Waals surface area contributed by atoms with E-state index in [1.54, 1.807) is 0 Å². The normalized spacial score (nSPS) is 22.9. The van der Waals surface area contributed by atoms with E-state index in [2.05, 4.69) is 71.9 Å². The lowest BCUT2D eigenvalue weighted by atomic mass is 9.68. The predicted molar refractivity (Wildman–Crippen MR) is 175 cm³/mol. The molecule has 0 spiro atoms. The highest BCUT2D eigenvalue weighted by molar-refractivity contribution is 5.05. The van der Waals surface area contributed by atoms with Crippen LogP contribution in [0.4, 0.5) is 4.39 Å². The summed E-state index contributed by atoms with van der Waals surface area (Å²) in [6.45, 7) is 18.4. The molecule has 0 aromatic rings. The Labute approximate surface area is 250 Å². The maximum atomic E-state index is 15.2. The molecule has 1 aliphatic carbocycles. The smallest absolute Gasteiger partial charge is 0.115 e. The predicted octanol–water partition coefficient (Wildman–Crippen LogP) is 9.39. The largest absolute Gasteiger partial charge is 0.316 e. The summed E-state index contributed by atoms with van der Waals surface area (Å²) in [5.41, 5.74) is 6.81. The monoisotopic (exact) mass is 564 g/mol. The first-order valence-corrected chi connectivity index (χ1v) is 17.4. The highest BCUT2D eigenvalue weighted by Crippen LogP contribution is 2.40. The van der Waals surface area contributed by atoms with E-state index >= 15 is 4.39 Å². The Morgan fingerprint density at radius 3 is 1.95 bits per heavy atom. The Morgan fingerprint density at radius 1 is 0.825 bits per heavy atom. The summed E-state index contributed by atoms with van der Waals surface area (Å²) >= 11 is 0. The number of alkyl halides is 1. The molecule has 0 bridgehead atoms. The van der Waals surface area contributed by atoms with Crippen LogP contribution in [0.25, 0.3) is 0 Å². The SMILES string of the molecule is C#CC(NC(CCCCCC(N)NC(C)CCC(CC)C(CC)CC)C(F)CCC)C1CCC(C(C)(C)C)CC1. The van der Waals surface area contributed by atoms with Crippen molar-refractivity contribution in [2.45, 2.75) is 189 Å². The van der Waals surface area contributed by atoms with Crippen LogP contribution >= 0.6 is 0 Å². The van der Waals surface area contributed by atoms with E-state index < -0.39 is 6.17 Å². The number of nitrogens with two attached hydrogens (primary N) is 1. The van der Waals surface area contributed by atoms with E-state index in [1.807, 2.05) is 0 Å². The van der Waals surface area contributed by atoms with Crippen LogP contribution in [0, 0.1) is 41.4 Å². The second-order valence-corrected chi connectivity index (χ2v) is 14.3. The molecule has 1 fully saturated rings. The number of terminal acetylenes is 1. The van der Waals surface area contributed by atoms with E-state index in [0.29, 0.717) is 23.8 Å². The van der Waals surface area contributed by atoms with Crippen molar-refractivity contribution in [3.8, 4) is 12.3 Å². The topological polar surface area (TPSA) is 50.1 Å². The molecule has 6 unspecified atom stereocenters. The van der Waals surface area contributed by atoms with Crippen molar-refractivity contribution in [1.82, 2.24) is 10.6 Å². The number of hydrogen-bond acceptors (Lipinski definition) is 3. The second kappa shape index (κ2) is 20.3. The lowest BCUT2D eigenvalue weighted by Gasteiger charge is -2.39. The summed E-state index contributed by atoms with van der Waals surface area (Å²) in [5.74, 6) is 5.93. The highest BCUT2D eigenvalue weighted by atomic mass is 19.1. The number of halogens is 1. The van der Waals surface area contributed by atoms with Crippen LogP contribution in [0.1, 0.15) is 158 Å². The lowest BCUT2D eigenvalue weighted by molar-refractivity contribution is 0.131. The Balaban J connectivity index is 2.45. The van der Waals surface area contributed by atoms with Gasteiger partial charge >= 0.3 is 0 Å². The average molecular weight is 564 g/mol. The van der Waals surface area contributed by atoms with Gasteiger partial charge < -0.3 is 5.73 Å². The van der Waals surface area contributed by atoms with Crippen molar-refractivity contribution in [2.24, 2.45) is 34.8 Å². The van der Waals surface area contributed by atoms with Gasteiger partial charge in [0.15, 0.2) is 0 Å². The molecule has 3 nitrogen and oxygen atoms in total. The summed E-state index contributed by atoms with van der Waals surface area (Å²) < 4.78 is 15.2. The van der Waals surface area contributed by atoms with E-state index in [0.717, 1.165) is 69.1 Å². The van der Waals surface area contributed by atoms with Gasteiger partial charge in [-0.2, -0.15) is 0 Å². The molecule has 4 heteroatoms. The van der Waals surface area contributed by atoms with Crippen molar-refractivity contribution in [2.75, 3.05) is 0 Å². The molecule has 1 aliphatic rings. The van der Waals surface area contributed by atoms with E-state index in [9.17, 15) is 0 Å². The van der Waals surface area contributed by atoms with Crippen molar-refractivity contribution in [1.29, 1.82) is 0 Å². The van der Waals surface area contributed by atoms with Gasteiger partial charge in [0, 0.05) is 12.1 Å². The molecule has 0 aromatic carbocycles. The van der Waals surface area contributed by atoms with Gasteiger partial charge in [-0.3, -0.25) is 10.6 Å². The van der Waals surface area contributed by atoms with Crippen LogP contribution in [0.5, 0.6) is 0 Å². The zero-order valence-electron chi connectivity index (χ0n) is 28.0. The average Bonchev–Trinajstić information content (AvgIpc) is 2.92. The molecule has 40 heavy (non-hydrogen) atoms. The van der Waals surface area contributed by atoms with Gasteiger partial charge in [-0.1, -0.05) is 99.3 Å². The third-order valence-electron chi connectivity index (χ3n) is 10.3. The molecular weight excluding hydrogens is 493 g/mol. The molecule has 236 valence electrons. The molecule has 1 rings (SSSR count). The van der Waals surface area contributed by atoms with Gasteiger partial charge in [0.1, 0.15) is 6.17 Å². The first-order valence-electron chi connectivity index (χ1n) is 17.4. The third kappa shape index (κ3) is 14.0. The van der Waals surface area contributed by atoms with Crippen LogP contribution < -0.4 is 16.4 Å². The fraction of sp³-hybridized carbons (Fsp3) is 0.944. The molecular formula is C36H70FN3. The van der Waals surface area contributed by atoms with Crippen LogP contribution in [-0.2, 0) is 0 Å². The molecule has 1 saturated carbocycles. The van der Waals surface area contributed by atoms with Crippen molar-refractivity contribution in [3.05, 3.63) is 0 Å². The molecule has 0 heterocycles. The molecule has 0 aromatic heterocycles. The van der Waals surface area contributed by atoms with Gasteiger partial charge in [0.25, 0.3) is 0 Å². The maximum Gasteiger partial charge on any atom is 0.115 e. The third-order valence-corrected chi connectivity index (χ3v) is 10.3. The number of hydrogen-bond donors (Lipinski definition) is 3. The van der Waals surface area contributed by atoms with Gasteiger partial charge in [0.2, 0.25) is 0 Å². The van der Waals surface area contributed by atoms with E-state index in [-0.39, 0.29) is 18.2 Å². The molecule has 4 N–H and O–H groups in total. The Morgan fingerprint density at radius 2 is 1.43 bits per heavy atom. The highest BCUT2D eigenvalue weighted by Gasteiger charge is 2.34. The number of unbranched alkanes of at least 4 members (excludes halogenated alkanes) is 2. The minimum Gasteiger partial charge on any atom is -0.316 e. The maximum absolute atomic E-state index is 15.2. The standard InChI is InChI=1S/C36H70FN3/c1-10-18-32(37)34(40-33(14-5)30-23-25-31(26-24-30)36(7,8)9)19-16-15-17-20-35(38)39-27(6)21-22-29(13-4)28(11-2)12-3/h5,27-35,39-40H,10-13,15-26,38H2,1-4,6-9H3. The Hall–Kier alpha value is -0.630. The molecule has 0 amide bonds. The summed E-state index contributed by atoms with van der Waals surface area (Å²) in [6.07, 6.45) is 22.8. The van der Waals surface area contributed by atoms with Crippen LogP contribution in [-0.4, -0.2) is 30.5 Å². The molecule has 0 radical (unpaired) electrons. The van der Waals surface area contributed by atoms with Crippen molar-refractivity contribution < 1.29 is 4.39 Å². The van der Waals surface area contributed by atoms with Crippen molar-refractivity contribution in [3.63, 3.8) is 0 Å². The fourth-order valence-corrected chi connectivity index (χ4v) is 7.34. The molecule has 0 aliphatic heterocycles. The summed E-state index contributed by atoms with van der Waals surface area (Å²) in [7, 11) is 0. The van der Waals surface area contributed by atoms with Gasteiger partial charge in [-0.25, -0.2) is 4.39 Å². The Kier molecular flexibility index (Phi) is 19.0. The quantitative estimate of drug-likeness (QED) is 0.0740. The zero-order chi connectivity index (χ0) is 30.1.